The standard InChI is InChI=1S/C15H13FN6O/c16-13-6-12(3-4-14(13)22-10-18-9-20-22)21-15(23)19-8-11-2-1-5-17-7-11/h1-7,9-10H,8H2,(H2,19,21,23). The summed E-state index contributed by atoms with van der Waals surface area (Å²) in [6.45, 7) is 0.333. The van der Waals surface area contributed by atoms with Gasteiger partial charge in [-0.25, -0.2) is 18.9 Å². The Morgan fingerprint density at radius 2 is 2.17 bits per heavy atom. The molecule has 0 spiro atoms. The van der Waals surface area contributed by atoms with Crippen molar-refractivity contribution in [2.75, 3.05) is 5.32 Å². The molecule has 0 aliphatic carbocycles. The molecular formula is C15H13FN6O. The minimum Gasteiger partial charge on any atom is -0.334 e. The largest absolute Gasteiger partial charge is 0.334 e. The van der Waals surface area contributed by atoms with E-state index in [0.29, 0.717) is 12.2 Å². The number of hydrogen-bond acceptors (Lipinski definition) is 4. The summed E-state index contributed by atoms with van der Waals surface area (Å²) in [5.74, 6) is -0.513. The lowest BCUT2D eigenvalue weighted by Crippen LogP contribution is -2.28. The number of carbonyl (C=O) groups is 1. The summed E-state index contributed by atoms with van der Waals surface area (Å²) in [7, 11) is 0. The van der Waals surface area contributed by atoms with E-state index in [-0.39, 0.29) is 5.69 Å². The topological polar surface area (TPSA) is 84.7 Å². The number of carbonyl (C=O) groups excluding carboxylic acids is 1. The fraction of sp³-hybridized carbons (Fsp3) is 0.0667. The predicted octanol–water partition coefficient (Wildman–Crippen LogP) is 2.12. The number of halogens is 1. The summed E-state index contributed by atoms with van der Waals surface area (Å²) in [5, 5.41) is 9.10. The van der Waals surface area contributed by atoms with Crippen LogP contribution >= 0.6 is 0 Å². The average molecular weight is 312 g/mol. The molecule has 8 heteroatoms. The number of amides is 2. The van der Waals surface area contributed by atoms with Crippen LogP contribution in [0.1, 0.15) is 5.56 Å². The molecule has 3 rings (SSSR count). The van der Waals surface area contributed by atoms with Gasteiger partial charge in [0, 0.05) is 24.6 Å². The minimum absolute atomic E-state index is 0.254. The van der Waals surface area contributed by atoms with Crippen molar-refractivity contribution in [1.82, 2.24) is 25.1 Å². The second-order valence-corrected chi connectivity index (χ2v) is 4.68. The number of benzene rings is 1. The summed E-state index contributed by atoms with van der Waals surface area (Å²) in [5.41, 5.74) is 1.47. The molecule has 0 radical (unpaired) electrons. The van der Waals surface area contributed by atoms with E-state index >= 15 is 0 Å². The maximum atomic E-state index is 14.0. The van der Waals surface area contributed by atoms with Crippen LogP contribution < -0.4 is 10.6 Å². The van der Waals surface area contributed by atoms with Crippen LogP contribution in [0.4, 0.5) is 14.9 Å². The monoisotopic (exact) mass is 312 g/mol. The number of nitrogens with zero attached hydrogens (tertiary/aromatic N) is 4. The summed E-state index contributed by atoms with van der Waals surface area (Å²) in [6.07, 6.45) is 6.03. The van der Waals surface area contributed by atoms with E-state index in [9.17, 15) is 9.18 Å². The van der Waals surface area contributed by atoms with E-state index in [1.807, 2.05) is 6.07 Å². The van der Waals surface area contributed by atoms with E-state index in [4.69, 9.17) is 0 Å². The van der Waals surface area contributed by atoms with Crippen LogP contribution in [0, 0.1) is 5.82 Å². The van der Waals surface area contributed by atoms with Gasteiger partial charge in [0.15, 0.2) is 5.82 Å². The Labute approximate surface area is 131 Å². The van der Waals surface area contributed by atoms with Gasteiger partial charge in [-0.05, 0) is 29.8 Å². The smallest absolute Gasteiger partial charge is 0.319 e. The highest BCUT2D eigenvalue weighted by Crippen LogP contribution is 2.17. The molecule has 0 fully saturated rings. The Morgan fingerprint density at radius 3 is 2.87 bits per heavy atom. The number of aromatic nitrogens is 4. The highest BCUT2D eigenvalue weighted by molar-refractivity contribution is 5.89. The molecule has 0 atom stereocenters. The van der Waals surface area contributed by atoms with Crippen LogP contribution in [-0.2, 0) is 6.54 Å². The molecule has 1 aromatic carbocycles. The van der Waals surface area contributed by atoms with Crippen LogP contribution in [0.25, 0.3) is 5.69 Å². The van der Waals surface area contributed by atoms with Gasteiger partial charge in [0.1, 0.15) is 18.3 Å². The molecule has 7 nitrogen and oxygen atoms in total. The van der Waals surface area contributed by atoms with Crippen molar-refractivity contribution in [3.8, 4) is 5.69 Å². The predicted molar refractivity (Wildman–Crippen MR) is 81.4 cm³/mol. The van der Waals surface area contributed by atoms with Gasteiger partial charge in [0.05, 0.1) is 0 Å². The van der Waals surface area contributed by atoms with Crippen LogP contribution in [0.2, 0.25) is 0 Å². The van der Waals surface area contributed by atoms with E-state index in [1.54, 1.807) is 24.5 Å². The van der Waals surface area contributed by atoms with Gasteiger partial charge in [0.2, 0.25) is 0 Å². The van der Waals surface area contributed by atoms with Crippen molar-refractivity contribution in [3.05, 3.63) is 66.8 Å². The summed E-state index contributed by atoms with van der Waals surface area (Å²) in [6, 6.07) is 7.53. The molecule has 23 heavy (non-hydrogen) atoms. The average Bonchev–Trinajstić information content (AvgIpc) is 3.08. The molecule has 2 amide bonds. The van der Waals surface area contributed by atoms with Crippen molar-refractivity contribution >= 4 is 11.7 Å². The van der Waals surface area contributed by atoms with E-state index in [1.165, 1.54) is 29.5 Å². The quantitative estimate of drug-likeness (QED) is 0.773. The number of anilines is 1. The fourth-order valence-electron chi connectivity index (χ4n) is 1.96. The van der Waals surface area contributed by atoms with Crippen molar-refractivity contribution in [2.24, 2.45) is 0 Å². The van der Waals surface area contributed by atoms with Gasteiger partial charge in [0.25, 0.3) is 0 Å². The number of nitrogens with one attached hydrogen (secondary N) is 2. The third kappa shape index (κ3) is 3.67. The molecule has 0 saturated carbocycles. The highest BCUT2D eigenvalue weighted by Gasteiger charge is 2.08. The zero-order valence-electron chi connectivity index (χ0n) is 12.0. The Kier molecular flexibility index (Phi) is 4.23. The molecule has 2 N–H and O–H groups in total. The maximum absolute atomic E-state index is 14.0. The SMILES string of the molecule is O=C(NCc1cccnc1)Nc1ccc(-n2cncn2)c(F)c1. The lowest BCUT2D eigenvalue weighted by atomic mass is 10.2. The molecule has 0 aliphatic rings. The molecular weight excluding hydrogens is 299 g/mol. The van der Waals surface area contributed by atoms with Gasteiger partial charge in [-0.1, -0.05) is 6.07 Å². The molecule has 3 aromatic rings. The summed E-state index contributed by atoms with van der Waals surface area (Å²) >= 11 is 0. The van der Waals surface area contributed by atoms with E-state index in [2.05, 4.69) is 25.7 Å². The first-order valence-corrected chi connectivity index (χ1v) is 6.81. The Bertz CT molecular complexity index is 791. The first-order chi connectivity index (χ1) is 11.2. The molecule has 0 saturated heterocycles. The second-order valence-electron chi connectivity index (χ2n) is 4.68. The van der Waals surface area contributed by atoms with E-state index < -0.39 is 11.8 Å². The number of rotatable bonds is 4. The third-order valence-electron chi connectivity index (χ3n) is 3.05. The van der Waals surface area contributed by atoms with Crippen molar-refractivity contribution < 1.29 is 9.18 Å². The van der Waals surface area contributed by atoms with Gasteiger partial charge in [-0.2, -0.15) is 5.10 Å². The number of hydrogen-bond donors (Lipinski definition) is 2. The second kappa shape index (κ2) is 6.65. The van der Waals surface area contributed by atoms with Gasteiger partial charge >= 0.3 is 6.03 Å². The minimum atomic E-state index is -0.513. The number of urea groups is 1. The van der Waals surface area contributed by atoms with Crippen molar-refractivity contribution in [1.29, 1.82) is 0 Å². The molecule has 0 unspecified atom stereocenters. The normalized spacial score (nSPS) is 10.3. The highest BCUT2D eigenvalue weighted by atomic mass is 19.1. The molecule has 2 heterocycles. The van der Waals surface area contributed by atoms with Gasteiger partial charge in [-0.15, -0.1) is 0 Å². The molecule has 0 bridgehead atoms. The third-order valence-corrected chi connectivity index (χ3v) is 3.05. The van der Waals surface area contributed by atoms with E-state index in [0.717, 1.165) is 5.56 Å². The van der Waals surface area contributed by atoms with Crippen molar-refractivity contribution in [3.63, 3.8) is 0 Å². The Morgan fingerprint density at radius 1 is 1.26 bits per heavy atom. The van der Waals surface area contributed by atoms with Gasteiger partial charge < -0.3 is 10.6 Å². The Balaban J connectivity index is 1.62. The zero-order chi connectivity index (χ0) is 16.1. The van der Waals surface area contributed by atoms with Crippen LogP contribution in [0.3, 0.4) is 0 Å². The number of pyridine rings is 1. The van der Waals surface area contributed by atoms with Crippen LogP contribution in [0.15, 0.2) is 55.4 Å². The lowest BCUT2D eigenvalue weighted by Gasteiger charge is -2.09. The fourth-order valence-corrected chi connectivity index (χ4v) is 1.96. The zero-order valence-corrected chi connectivity index (χ0v) is 12.0. The van der Waals surface area contributed by atoms with Crippen LogP contribution in [0.5, 0.6) is 0 Å². The maximum Gasteiger partial charge on any atom is 0.319 e. The van der Waals surface area contributed by atoms with Crippen LogP contribution in [-0.4, -0.2) is 25.8 Å². The molecule has 2 aromatic heterocycles. The first-order valence-electron chi connectivity index (χ1n) is 6.81. The summed E-state index contributed by atoms with van der Waals surface area (Å²) < 4.78 is 15.4. The lowest BCUT2D eigenvalue weighted by molar-refractivity contribution is 0.251. The summed E-state index contributed by atoms with van der Waals surface area (Å²) in [4.78, 5) is 19.5. The molecule has 0 aliphatic heterocycles. The Hall–Kier alpha value is -3.29. The first kappa shape index (κ1) is 14.6. The molecule has 116 valence electrons. The van der Waals surface area contributed by atoms with Gasteiger partial charge in [-0.3, -0.25) is 4.98 Å². The van der Waals surface area contributed by atoms with Crippen molar-refractivity contribution in [2.45, 2.75) is 6.54 Å².